The van der Waals surface area contributed by atoms with Gasteiger partial charge in [-0.2, -0.15) is 0 Å². The van der Waals surface area contributed by atoms with E-state index in [0.29, 0.717) is 11.3 Å². The maximum Gasteiger partial charge on any atom is 0.223 e. The Morgan fingerprint density at radius 2 is 2.18 bits per heavy atom. The van der Waals surface area contributed by atoms with E-state index < -0.39 is 0 Å². The molecule has 1 aliphatic heterocycles. The molecule has 0 saturated carbocycles. The highest BCUT2D eigenvalue weighted by atomic mass is 16.2. The topological polar surface area (TPSA) is 85.5 Å². The van der Waals surface area contributed by atoms with Crippen molar-refractivity contribution in [1.82, 2.24) is 5.32 Å². The number of amides is 1. The molecule has 2 rings (SSSR count). The van der Waals surface area contributed by atoms with Gasteiger partial charge in [0.05, 0.1) is 0 Å². The van der Waals surface area contributed by atoms with Crippen LogP contribution in [0.15, 0.2) is 12.1 Å². The van der Waals surface area contributed by atoms with Crippen molar-refractivity contribution in [2.75, 3.05) is 42.2 Å². The summed E-state index contributed by atoms with van der Waals surface area (Å²) in [5.74, 6) is -0.0476. The van der Waals surface area contributed by atoms with E-state index in [-0.39, 0.29) is 11.4 Å². The molecule has 22 heavy (non-hydrogen) atoms. The minimum atomic E-state index is -0.0476. The summed E-state index contributed by atoms with van der Waals surface area (Å²) in [6.45, 7) is 8.36. The maximum absolute atomic E-state index is 11.6. The summed E-state index contributed by atoms with van der Waals surface area (Å²) >= 11 is 0. The van der Waals surface area contributed by atoms with Gasteiger partial charge >= 0.3 is 0 Å². The first-order chi connectivity index (χ1) is 10.2. The van der Waals surface area contributed by atoms with Gasteiger partial charge in [-0.25, -0.2) is 0 Å². The molecular weight excluding hydrogens is 278 g/mol. The predicted octanol–water partition coefficient (Wildman–Crippen LogP) is 1.44. The fraction of sp³-hybridized carbons (Fsp3) is 0.500. The molecule has 0 aromatic heterocycles. The summed E-state index contributed by atoms with van der Waals surface area (Å²) in [4.78, 5) is 15.4. The number of rotatable bonds is 3. The normalized spacial score (nSPS) is 17.2. The number of nitrogens with two attached hydrogens (primary N) is 1. The number of benzene rings is 1. The third kappa shape index (κ3) is 3.22. The van der Waals surface area contributed by atoms with Crippen LogP contribution in [-0.2, 0) is 4.79 Å². The molecule has 0 unspecified atom stereocenters. The molecule has 0 bridgehead atoms. The molecule has 1 aliphatic rings. The monoisotopic (exact) mass is 303 g/mol. The number of piperazine rings is 1. The zero-order valence-corrected chi connectivity index (χ0v) is 13.7. The Kier molecular flexibility index (Phi) is 4.42. The van der Waals surface area contributed by atoms with Gasteiger partial charge < -0.3 is 26.3 Å². The minimum absolute atomic E-state index is 0.00517. The van der Waals surface area contributed by atoms with Crippen LogP contribution in [-0.4, -0.2) is 44.3 Å². The lowest BCUT2D eigenvalue weighted by Crippen LogP contribution is -2.57. The highest BCUT2D eigenvalue weighted by Gasteiger charge is 2.27. The van der Waals surface area contributed by atoms with Crippen molar-refractivity contribution < 1.29 is 4.79 Å². The van der Waals surface area contributed by atoms with E-state index in [1.165, 1.54) is 13.1 Å². The first-order valence-corrected chi connectivity index (χ1v) is 7.43. The van der Waals surface area contributed by atoms with Crippen molar-refractivity contribution in [2.24, 2.45) is 0 Å². The van der Waals surface area contributed by atoms with Crippen molar-refractivity contribution in [3.05, 3.63) is 17.7 Å². The Morgan fingerprint density at radius 1 is 1.50 bits per heavy atom. The third-order valence-electron chi connectivity index (χ3n) is 4.09. The van der Waals surface area contributed by atoms with Crippen LogP contribution >= 0.6 is 0 Å². The second-order valence-corrected chi connectivity index (χ2v) is 6.42. The van der Waals surface area contributed by atoms with E-state index in [4.69, 9.17) is 11.1 Å². The SMILES string of the molecule is CC(=O)N(C)c1cc(N)c(C=N)c(N2CCNC(C)(C)C2)c1. The number of carbonyl (C=O) groups excluding carboxylic acids is 1. The lowest BCUT2D eigenvalue weighted by atomic mass is 10.00. The first kappa shape index (κ1) is 16.3. The van der Waals surface area contributed by atoms with Crippen LogP contribution in [0.5, 0.6) is 0 Å². The predicted molar refractivity (Wildman–Crippen MR) is 92.1 cm³/mol. The molecule has 1 heterocycles. The first-order valence-electron chi connectivity index (χ1n) is 7.43. The summed E-state index contributed by atoms with van der Waals surface area (Å²) in [5, 5.41) is 11.1. The van der Waals surface area contributed by atoms with Gasteiger partial charge in [0, 0.05) is 68.0 Å². The van der Waals surface area contributed by atoms with E-state index in [1.54, 1.807) is 18.0 Å². The molecule has 0 aliphatic carbocycles. The summed E-state index contributed by atoms with van der Waals surface area (Å²) in [6.07, 6.45) is 1.29. The molecule has 6 heteroatoms. The summed E-state index contributed by atoms with van der Waals surface area (Å²) < 4.78 is 0. The highest BCUT2D eigenvalue weighted by Crippen LogP contribution is 2.32. The van der Waals surface area contributed by atoms with Gasteiger partial charge in [-0.1, -0.05) is 0 Å². The van der Waals surface area contributed by atoms with E-state index in [0.717, 1.165) is 31.0 Å². The van der Waals surface area contributed by atoms with Gasteiger partial charge in [0.15, 0.2) is 0 Å². The average Bonchev–Trinajstić information content (AvgIpc) is 2.44. The van der Waals surface area contributed by atoms with Crippen molar-refractivity contribution in [1.29, 1.82) is 5.41 Å². The van der Waals surface area contributed by atoms with Crippen LogP contribution in [0.25, 0.3) is 0 Å². The number of nitrogens with one attached hydrogen (secondary N) is 2. The highest BCUT2D eigenvalue weighted by molar-refractivity contribution is 5.98. The molecule has 4 N–H and O–H groups in total. The quantitative estimate of drug-likeness (QED) is 0.582. The van der Waals surface area contributed by atoms with Crippen LogP contribution < -0.4 is 20.9 Å². The van der Waals surface area contributed by atoms with Crippen molar-refractivity contribution in [2.45, 2.75) is 26.3 Å². The summed E-state index contributed by atoms with van der Waals surface area (Å²) in [6, 6.07) is 3.69. The lowest BCUT2D eigenvalue weighted by molar-refractivity contribution is -0.116. The fourth-order valence-electron chi connectivity index (χ4n) is 2.79. The molecule has 1 amide bonds. The van der Waals surface area contributed by atoms with Crippen LogP contribution in [0.1, 0.15) is 26.3 Å². The van der Waals surface area contributed by atoms with Gasteiger partial charge in [0.1, 0.15) is 0 Å². The Bertz CT molecular complexity index is 596. The fourth-order valence-corrected chi connectivity index (χ4v) is 2.79. The second kappa shape index (κ2) is 5.96. The Hall–Kier alpha value is -2.08. The van der Waals surface area contributed by atoms with Crippen LogP contribution in [0, 0.1) is 5.41 Å². The third-order valence-corrected chi connectivity index (χ3v) is 4.09. The smallest absolute Gasteiger partial charge is 0.223 e. The van der Waals surface area contributed by atoms with Crippen LogP contribution in [0.2, 0.25) is 0 Å². The number of carbonyl (C=O) groups is 1. The molecule has 1 aromatic rings. The zero-order chi connectivity index (χ0) is 16.5. The molecule has 1 saturated heterocycles. The second-order valence-electron chi connectivity index (χ2n) is 6.42. The van der Waals surface area contributed by atoms with Crippen LogP contribution in [0.4, 0.5) is 17.1 Å². The number of nitrogens with zero attached hydrogens (tertiary/aromatic N) is 2. The molecule has 120 valence electrons. The Labute approximate surface area is 131 Å². The molecule has 0 atom stereocenters. The maximum atomic E-state index is 11.6. The Balaban J connectivity index is 2.48. The minimum Gasteiger partial charge on any atom is -0.398 e. The van der Waals surface area contributed by atoms with E-state index in [2.05, 4.69) is 24.1 Å². The standard InChI is InChI=1S/C16H25N5O/c1-11(22)20(4)12-7-14(18)13(9-17)15(8-12)21-6-5-19-16(2,3)10-21/h7-9,17,19H,5-6,10,18H2,1-4H3. The van der Waals surface area contributed by atoms with E-state index >= 15 is 0 Å². The number of hydrogen-bond donors (Lipinski definition) is 3. The average molecular weight is 303 g/mol. The van der Waals surface area contributed by atoms with Gasteiger partial charge in [-0.3, -0.25) is 4.79 Å². The van der Waals surface area contributed by atoms with Gasteiger partial charge in [-0.15, -0.1) is 0 Å². The molecule has 6 nitrogen and oxygen atoms in total. The van der Waals surface area contributed by atoms with Gasteiger partial charge in [0.25, 0.3) is 0 Å². The molecule has 0 spiro atoms. The molecule has 1 aromatic carbocycles. The van der Waals surface area contributed by atoms with Gasteiger partial charge in [-0.05, 0) is 26.0 Å². The van der Waals surface area contributed by atoms with Crippen molar-refractivity contribution in [3.63, 3.8) is 0 Å². The Morgan fingerprint density at radius 3 is 2.73 bits per heavy atom. The molecule has 0 radical (unpaired) electrons. The van der Waals surface area contributed by atoms with Crippen LogP contribution in [0.3, 0.4) is 0 Å². The van der Waals surface area contributed by atoms with Crippen molar-refractivity contribution in [3.8, 4) is 0 Å². The summed E-state index contributed by atoms with van der Waals surface area (Å²) in [7, 11) is 1.73. The van der Waals surface area contributed by atoms with E-state index in [1.807, 2.05) is 6.07 Å². The molecular formula is C16H25N5O. The van der Waals surface area contributed by atoms with Gasteiger partial charge in [0.2, 0.25) is 5.91 Å². The van der Waals surface area contributed by atoms with Crippen molar-refractivity contribution >= 4 is 29.2 Å². The largest absolute Gasteiger partial charge is 0.398 e. The zero-order valence-electron chi connectivity index (χ0n) is 13.7. The molecule has 1 fully saturated rings. The number of hydrogen-bond acceptors (Lipinski definition) is 5. The number of anilines is 3. The van der Waals surface area contributed by atoms with E-state index in [9.17, 15) is 4.79 Å². The summed E-state index contributed by atoms with van der Waals surface area (Å²) in [5.41, 5.74) is 9.00. The number of nitrogen functional groups attached to an aromatic ring is 1. The lowest BCUT2D eigenvalue weighted by Gasteiger charge is -2.41.